The lowest BCUT2D eigenvalue weighted by Gasteiger charge is -2.00. The van der Waals surface area contributed by atoms with Crippen molar-refractivity contribution in [3.8, 4) is 6.07 Å². The summed E-state index contributed by atoms with van der Waals surface area (Å²) in [5.74, 6) is -3.65. The molecule has 0 aliphatic heterocycles. The molecule has 1 aliphatic carbocycles. The minimum atomic E-state index is -1.82. The molecule has 0 fully saturated rings. The number of nitrogens with one attached hydrogen (secondary N) is 1. The smallest absolute Gasteiger partial charge is 0.414 e. The Morgan fingerprint density at radius 3 is 2.57 bits per heavy atom. The molecule has 7 nitrogen and oxygen atoms in total. The number of imidazole rings is 1. The molecular weight excluding hydrogens is 298 g/mol. The number of H-pyrrole nitrogens is 1. The van der Waals surface area contributed by atoms with Gasteiger partial charge in [0.05, 0.1) is 29.9 Å². The number of aromatic nitrogens is 2. The van der Waals surface area contributed by atoms with Crippen LogP contribution < -0.4 is 0 Å². The van der Waals surface area contributed by atoms with E-state index in [1.807, 2.05) is 24.4 Å². The summed E-state index contributed by atoms with van der Waals surface area (Å²) in [6, 6.07) is 8.10. The van der Waals surface area contributed by atoms with Crippen molar-refractivity contribution in [1.82, 2.24) is 9.97 Å². The van der Waals surface area contributed by atoms with Crippen LogP contribution in [-0.2, 0) is 16.0 Å². The third-order valence-electron chi connectivity index (χ3n) is 3.28. The van der Waals surface area contributed by atoms with Gasteiger partial charge in [0.2, 0.25) is 0 Å². The molecule has 0 amide bonds. The number of carboxylic acid groups (broad SMARTS) is 2. The lowest BCUT2D eigenvalue weighted by Crippen LogP contribution is -2.09. The van der Waals surface area contributed by atoms with E-state index in [1.165, 1.54) is 16.7 Å². The van der Waals surface area contributed by atoms with Gasteiger partial charge in [-0.1, -0.05) is 6.07 Å². The topological polar surface area (TPSA) is 127 Å². The second-order valence-corrected chi connectivity index (χ2v) is 4.77. The zero-order valence-corrected chi connectivity index (χ0v) is 12.0. The van der Waals surface area contributed by atoms with E-state index in [1.54, 1.807) is 6.33 Å². The van der Waals surface area contributed by atoms with Crippen LogP contribution in [0.2, 0.25) is 0 Å². The number of nitrogens with zero attached hydrogens (tertiary/aromatic N) is 2. The van der Waals surface area contributed by atoms with Crippen molar-refractivity contribution in [1.29, 1.82) is 5.26 Å². The van der Waals surface area contributed by atoms with Crippen LogP contribution in [0, 0.1) is 11.3 Å². The van der Waals surface area contributed by atoms with Gasteiger partial charge in [-0.25, -0.2) is 14.6 Å². The van der Waals surface area contributed by atoms with Gasteiger partial charge >= 0.3 is 11.9 Å². The molecule has 3 N–H and O–H groups in total. The van der Waals surface area contributed by atoms with Gasteiger partial charge in [-0.3, -0.25) is 0 Å². The number of nitriles is 1. The molecule has 1 aliphatic rings. The van der Waals surface area contributed by atoms with E-state index in [0.29, 0.717) is 0 Å². The normalized spacial score (nSPS) is 13.6. The molecule has 0 spiro atoms. The summed E-state index contributed by atoms with van der Waals surface area (Å²) in [7, 11) is 0. The predicted molar refractivity (Wildman–Crippen MR) is 81.2 cm³/mol. The number of carboxylic acids is 2. The molecule has 7 heteroatoms. The molecule has 1 aromatic carbocycles. The number of hydrogen-bond acceptors (Lipinski definition) is 4. The second-order valence-electron chi connectivity index (χ2n) is 4.77. The molecule has 23 heavy (non-hydrogen) atoms. The molecular formula is C16H13N3O4. The maximum atomic E-state index is 9.10. The monoisotopic (exact) mass is 311 g/mol. The summed E-state index contributed by atoms with van der Waals surface area (Å²) in [5, 5.41) is 23.6. The quantitative estimate of drug-likeness (QED) is 0.690. The second kappa shape index (κ2) is 7.04. The van der Waals surface area contributed by atoms with Crippen LogP contribution in [0.4, 0.5) is 0 Å². The van der Waals surface area contributed by atoms with Gasteiger partial charge in [0.15, 0.2) is 0 Å². The number of benzene rings is 1. The van der Waals surface area contributed by atoms with Gasteiger partial charge in [-0.05, 0) is 47.8 Å². The number of allylic oxidation sites excluding steroid dienone is 1. The van der Waals surface area contributed by atoms with Crippen molar-refractivity contribution in [2.75, 3.05) is 0 Å². The summed E-state index contributed by atoms with van der Waals surface area (Å²) < 4.78 is 0. The molecule has 116 valence electrons. The molecule has 2 aromatic rings. The summed E-state index contributed by atoms with van der Waals surface area (Å²) in [4.78, 5) is 25.3. The average molecular weight is 311 g/mol. The van der Waals surface area contributed by atoms with Crippen LogP contribution in [0.1, 0.15) is 28.8 Å². The number of fused-ring (bicyclic) bond motifs is 1. The molecule has 0 radical (unpaired) electrons. The maximum Gasteiger partial charge on any atom is 0.414 e. The Labute approximate surface area is 131 Å². The molecule has 3 rings (SSSR count). The largest absolute Gasteiger partial charge is 0.473 e. The van der Waals surface area contributed by atoms with Crippen molar-refractivity contribution in [3.05, 3.63) is 53.1 Å². The summed E-state index contributed by atoms with van der Waals surface area (Å²) in [6.07, 6.45) is 7.68. The Hall–Kier alpha value is -3.40. The molecule has 0 saturated heterocycles. The van der Waals surface area contributed by atoms with Crippen LogP contribution >= 0.6 is 0 Å². The Kier molecular flexibility index (Phi) is 4.89. The van der Waals surface area contributed by atoms with Gasteiger partial charge in [0.25, 0.3) is 0 Å². The maximum absolute atomic E-state index is 9.10. The fraction of sp³-hybridized carbons (Fsp3) is 0.125. The SMILES string of the molecule is N#Cc1ccc2c(c1)CCC2=Cc1cnc[nH]1.O=C(O)C(=O)O. The van der Waals surface area contributed by atoms with Crippen LogP contribution in [0.25, 0.3) is 11.6 Å². The van der Waals surface area contributed by atoms with E-state index in [4.69, 9.17) is 25.1 Å². The van der Waals surface area contributed by atoms with Crippen LogP contribution in [-0.4, -0.2) is 32.1 Å². The standard InChI is InChI=1S/C14H11N3.C2H2O4/c15-7-10-1-4-14-11(5-10)2-3-12(14)6-13-8-16-9-17-13;3-1(4)2(5)6/h1,4-6,8-9H,2-3H2,(H,16,17);(H,3,4)(H,5,6). The first-order valence-electron chi connectivity index (χ1n) is 6.70. The van der Waals surface area contributed by atoms with Gasteiger partial charge < -0.3 is 15.2 Å². The highest BCUT2D eigenvalue weighted by Gasteiger charge is 2.16. The van der Waals surface area contributed by atoms with Crippen molar-refractivity contribution in [2.45, 2.75) is 12.8 Å². The van der Waals surface area contributed by atoms with Gasteiger partial charge in [-0.15, -0.1) is 0 Å². The first-order chi connectivity index (χ1) is 11.0. The molecule has 0 atom stereocenters. The predicted octanol–water partition coefficient (Wildman–Crippen LogP) is 1.92. The van der Waals surface area contributed by atoms with Crippen molar-refractivity contribution >= 4 is 23.6 Å². The zero-order valence-electron chi connectivity index (χ0n) is 12.0. The Morgan fingerprint density at radius 1 is 1.26 bits per heavy atom. The fourth-order valence-corrected chi connectivity index (χ4v) is 2.27. The lowest BCUT2D eigenvalue weighted by molar-refractivity contribution is -0.159. The van der Waals surface area contributed by atoms with E-state index in [2.05, 4.69) is 22.1 Å². The molecule has 0 unspecified atom stereocenters. The van der Waals surface area contributed by atoms with E-state index < -0.39 is 11.9 Å². The molecule has 1 aromatic heterocycles. The van der Waals surface area contributed by atoms with Gasteiger partial charge in [0, 0.05) is 0 Å². The van der Waals surface area contributed by atoms with E-state index >= 15 is 0 Å². The number of hydrogen-bond donors (Lipinski definition) is 3. The van der Waals surface area contributed by atoms with Crippen molar-refractivity contribution < 1.29 is 19.8 Å². The first-order valence-corrected chi connectivity index (χ1v) is 6.70. The Balaban J connectivity index is 0.000000277. The molecule has 0 saturated carbocycles. The third-order valence-corrected chi connectivity index (χ3v) is 3.28. The lowest BCUT2D eigenvalue weighted by atomic mass is 10.0. The Bertz CT molecular complexity index is 789. The minimum Gasteiger partial charge on any atom is -0.473 e. The highest BCUT2D eigenvalue weighted by atomic mass is 16.4. The molecule has 0 bridgehead atoms. The third kappa shape index (κ3) is 4.04. The van der Waals surface area contributed by atoms with E-state index in [-0.39, 0.29) is 0 Å². The fourth-order valence-electron chi connectivity index (χ4n) is 2.27. The van der Waals surface area contributed by atoms with Crippen molar-refractivity contribution in [3.63, 3.8) is 0 Å². The van der Waals surface area contributed by atoms with E-state index in [9.17, 15) is 0 Å². The number of rotatable bonds is 1. The average Bonchev–Trinajstić information content (AvgIpc) is 3.18. The first kappa shape index (κ1) is 16.0. The number of aryl methyl sites for hydroxylation is 1. The van der Waals surface area contributed by atoms with Gasteiger partial charge in [-0.2, -0.15) is 5.26 Å². The van der Waals surface area contributed by atoms with E-state index in [0.717, 1.165) is 24.1 Å². The molecule has 1 heterocycles. The number of aliphatic carboxylic acids is 2. The van der Waals surface area contributed by atoms with Crippen molar-refractivity contribution in [2.24, 2.45) is 0 Å². The summed E-state index contributed by atoms with van der Waals surface area (Å²) in [6.45, 7) is 0. The Morgan fingerprint density at radius 2 is 2.00 bits per heavy atom. The minimum absolute atomic E-state index is 0.742. The van der Waals surface area contributed by atoms with Crippen LogP contribution in [0.3, 0.4) is 0 Å². The number of aromatic amines is 1. The van der Waals surface area contributed by atoms with Gasteiger partial charge in [0.1, 0.15) is 0 Å². The summed E-state index contributed by atoms with van der Waals surface area (Å²) >= 11 is 0. The summed E-state index contributed by atoms with van der Waals surface area (Å²) in [5.41, 5.74) is 5.62. The van der Waals surface area contributed by atoms with Crippen LogP contribution in [0.15, 0.2) is 30.7 Å². The zero-order chi connectivity index (χ0) is 16.8. The highest BCUT2D eigenvalue weighted by molar-refractivity contribution is 6.27. The highest BCUT2D eigenvalue weighted by Crippen LogP contribution is 2.33. The van der Waals surface area contributed by atoms with Crippen LogP contribution in [0.5, 0.6) is 0 Å². The number of carbonyl (C=O) groups is 2.